The Labute approximate surface area is 166 Å². The molecule has 3 rings (SSSR count). The van der Waals surface area contributed by atoms with Gasteiger partial charge in [0.05, 0.1) is 0 Å². The normalized spacial score (nSPS) is 16.3. The summed E-state index contributed by atoms with van der Waals surface area (Å²) in [6, 6.07) is 13.7. The Hall–Kier alpha value is -1.61. The predicted molar refractivity (Wildman–Crippen MR) is 111 cm³/mol. The molecule has 0 bridgehead atoms. The average molecular weight is 407 g/mol. The van der Waals surface area contributed by atoms with Crippen molar-refractivity contribution in [1.82, 2.24) is 14.2 Å². The third-order valence-electron chi connectivity index (χ3n) is 4.48. The van der Waals surface area contributed by atoms with E-state index in [-0.39, 0.29) is 4.90 Å². The summed E-state index contributed by atoms with van der Waals surface area (Å²) in [5.74, 6) is 1.73. The molecular formula is C19H26N4O2S2. The van der Waals surface area contributed by atoms with Gasteiger partial charge in [-0.1, -0.05) is 18.2 Å². The average Bonchev–Trinajstić information content (AvgIpc) is 2.69. The van der Waals surface area contributed by atoms with Gasteiger partial charge in [-0.05, 0) is 43.5 Å². The van der Waals surface area contributed by atoms with Gasteiger partial charge in [0.25, 0.3) is 0 Å². The van der Waals surface area contributed by atoms with Crippen molar-refractivity contribution < 1.29 is 8.42 Å². The molecule has 1 saturated heterocycles. The molecule has 0 atom stereocenters. The van der Waals surface area contributed by atoms with Crippen LogP contribution in [0.1, 0.15) is 6.42 Å². The minimum Gasteiger partial charge on any atom is -0.370 e. The number of thioether (sulfide) groups is 1. The van der Waals surface area contributed by atoms with Crippen molar-refractivity contribution in [1.29, 1.82) is 0 Å². The number of nitrogens with one attached hydrogen (secondary N) is 1. The van der Waals surface area contributed by atoms with E-state index in [1.54, 1.807) is 12.1 Å². The number of sulfonamides is 1. The van der Waals surface area contributed by atoms with E-state index in [0.717, 1.165) is 31.8 Å². The first-order valence-corrected chi connectivity index (χ1v) is 11.5. The zero-order valence-electron chi connectivity index (χ0n) is 15.5. The number of pyridine rings is 1. The van der Waals surface area contributed by atoms with Crippen molar-refractivity contribution in [3.05, 3.63) is 48.7 Å². The lowest BCUT2D eigenvalue weighted by Gasteiger charge is -2.31. The zero-order chi connectivity index (χ0) is 19.1. The number of piperazine rings is 1. The van der Waals surface area contributed by atoms with Crippen LogP contribution in [0, 0.1) is 0 Å². The fourth-order valence-corrected chi connectivity index (χ4v) is 5.05. The molecule has 1 aliphatic heterocycles. The SMILES string of the molecule is CN1CCN(S(=O)(=O)c2ccc(NCCCSc3ccccc3)nc2)CC1. The number of hydrogen-bond donors (Lipinski definition) is 1. The third kappa shape index (κ3) is 5.68. The zero-order valence-corrected chi connectivity index (χ0v) is 17.2. The lowest BCUT2D eigenvalue weighted by Crippen LogP contribution is -2.47. The van der Waals surface area contributed by atoms with Gasteiger partial charge in [-0.2, -0.15) is 4.31 Å². The molecule has 2 heterocycles. The molecule has 1 N–H and O–H groups in total. The Balaban J connectivity index is 1.45. The van der Waals surface area contributed by atoms with E-state index in [2.05, 4.69) is 27.3 Å². The molecule has 27 heavy (non-hydrogen) atoms. The van der Waals surface area contributed by atoms with Crippen molar-refractivity contribution in [2.24, 2.45) is 0 Å². The Morgan fingerprint density at radius 1 is 1.07 bits per heavy atom. The minimum absolute atomic E-state index is 0.261. The van der Waals surface area contributed by atoms with Gasteiger partial charge in [0, 0.05) is 43.8 Å². The van der Waals surface area contributed by atoms with E-state index in [9.17, 15) is 8.42 Å². The van der Waals surface area contributed by atoms with Crippen LogP contribution in [0.25, 0.3) is 0 Å². The molecule has 146 valence electrons. The van der Waals surface area contributed by atoms with Crippen LogP contribution in [0.15, 0.2) is 58.5 Å². The second-order valence-electron chi connectivity index (χ2n) is 6.53. The molecule has 6 nitrogen and oxygen atoms in total. The van der Waals surface area contributed by atoms with Gasteiger partial charge in [0.2, 0.25) is 10.0 Å². The van der Waals surface area contributed by atoms with Gasteiger partial charge in [0.15, 0.2) is 0 Å². The highest BCUT2D eigenvalue weighted by atomic mass is 32.2. The first kappa shape index (κ1) is 20.1. The summed E-state index contributed by atoms with van der Waals surface area (Å²) in [5.41, 5.74) is 0. The van der Waals surface area contributed by atoms with Crippen LogP contribution in [-0.4, -0.2) is 68.1 Å². The second-order valence-corrected chi connectivity index (χ2v) is 9.63. The molecule has 2 aromatic rings. The van der Waals surface area contributed by atoms with E-state index in [0.29, 0.717) is 18.9 Å². The Kier molecular flexibility index (Phi) is 7.12. The van der Waals surface area contributed by atoms with Crippen LogP contribution in [0.3, 0.4) is 0 Å². The van der Waals surface area contributed by atoms with Gasteiger partial charge < -0.3 is 10.2 Å². The summed E-state index contributed by atoms with van der Waals surface area (Å²) in [7, 11) is -1.44. The van der Waals surface area contributed by atoms with Gasteiger partial charge in [-0.3, -0.25) is 0 Å². The van der Waals surface area contributed by atoms with Gasteiger partial charge in [-0.15, -0.1) is 11.8 Å². The van der Waals surface area contributed by atoms with Crippen LogP contribution in [0.2, 0.25) is 0 Å². The van der Waals surface area contributed by atoms with Crippen LogP contribution < -0.4 is 5.32 Å². The number of likely N-dealkylation sites (N-methyl/N-ethyl adjacent to an activating group) is 1. The summed E-state index contributed by atoms with van der Waals surface area (Å²) in [4.78, 5) is 7.94. The van der Waals surface area contributed by atoms with Crippen LogP contribution in [0.5, 0.6) is 0 Å². The van der Waals surface area contributed by atoms with Crippen molar-refractivity contribution in [3.63, 3.8) is 0 Å². The number of anilines is 1. The molecule has 1 aliphatic rings. The Morgan fingerprint density at radius 2 is 1.81 bits per heavy atom. The number of nitrogens with zero attached hydrogens (tertiary/aromatic N) is 3. The summed E-state index contributed by atoms with van der Waals surface area (Å²) < 4.78 is 26.9. The third-order valence-corrected chi connectivity index (χ3v) is 7.46. The van der Waals surface area contributed by atoms with Crippen LogP contribution in [-0.2, 0) is 10.0 Å². The molecule has 0 amide bonds. The molecule has 0 saturated carbocycles. The molecule has 0 aliphatic carbocycles. The minimum atomic E-state index is -3.45. The Bertz CT molecular complexity index is 805. The molecule has 8 heteroatoms. The summed E-state index contributed by atoms with van der Waals surface area (Å²) in [6.07, 6.45) is 2.46. The number of rotatable bonds is 8. The van der Waals surface area contributed by atoms with Crippen LogP contribution in [0.4, 0.5) is 5.82 Å². The molecule has 1 fully saturated rings. The maximum Gasteiger partial charge on any atom is 0.244 e. The van der Waals surface area contributed by atoms with E-state index >= 15 is 0 Å². The lowest BCUT2D eigenvalue weighted by atomic mass is 10.4. The van der Waals surface area contributed by atoms with Gasteiger partial charge in [-0.25, -0.2) is 13.4 Å². The summed E-state index contributed by atoms with van der Waals surface area (Å²) in [6.45, 7) is 3.37. The fraction of sp³-hybridized carbons (Fsp3) is 0.421. The molecular weight excluding hydrogens is 380 g/mol. The summed E-state index contributed by atoms with van der Waals surface area (Å²) >= 11 is 1.83. The highest BCUT2D eigenvalue weighted by molar-refractivity contribution is 7.99. The van der Waals surface area contributed by atoms with Crippen molar-refractivity contribution in [2.75, 3.05) is 50.8 Å². The van der Waals surface area contributed by atoms with Crippen LogP contribution >= 0.6 is 11.8 Å². The monoisotopic (exact) mass is 406 g/mol. The summed E-state index contributed by atoms with van der Waals surface area (Å²) in [5, 5.41) is 3.26. The highest BCUT2D eigenvalue weighted by Crippen LogP contribution is 2.19. The maximum absolute atomic E-state index is 12.7. The first-order chi connectivity index (χ1) is 13.1. The van der Waals surface area contributed by atoms with E-state index in [1.807, 2.05) is 37.0 Å². The number of benzene rings is 1. The smallest absolute Gasteiger partial charge is 0.244 e. The first-order valence-electron chi connectivity index (χ1n) is 9.12. The standard InChI is InChI=1S/C19H26N4O2S2/c1-22-11-13-23(14-12-22)27(24,25)18-8-9-19(21-16-18)20-10-5-15-26-17-6-3-2-4-7-17/h2-4,6-9,16H,5,10-15H2,1H3,(H,20,21). The highest BCUT2D eigenvalue weighted by Gasteiger charge is 2.27. The van der Waals surface area contributed by atoms with Crippen molar-refractivity contribution >= 4 is 27.6 Å². The van der Waals surface area contributed by atoms with Gasteiger partial charge >= 0.3 is 0 Å². The maximum atomic E-state index is 12.7. The largest absolute Gasteiger partial charge is 0.370 e. The molecule has 1 aromatic carbocycles. The second kappa shape index (κ2) is 9.54. The number of aromatic nitrogens is 1. The predicted octanol–water partition coefficient (Wildman–Crippen LogP) is 2.61. The van der Waals surface area contributed by atoms with Crippen molar-refractivity contribution in [3.8, 4) is 0 Å². The quantitative estimate of drug-likeness (QED) is 0.537. The lowest BCUT2D eigenvalue weighted by molar-refractivity contribution is 0.222. The molecule has 0 unspecified atom stereocenters. The molecule has 0 radical (unpaired) electrons. The molecule has 1 aromatic heterocycles. The number of hydrogen-bond acceptors (Lipinski definition) is 6. The van der Waals surface area contributed by atoms with E-state index < -0.39 is 10.0 Å². The molecule has 0 spiro atoms. The van der Waals surface area contributed by atoms with E-state index in [1.165, 1.54) is 15.4 Å². The van der Waals surface area contributed by atoms with Crippen molar-refractivity contribution in [2.45, 2.75) is 16.2 Å². The van der Waals surface area contributed by atoms with Gasteiger partial charge in [0.1, 0.15) is 10.7 Å². The Morgan fingerprint density at radius 3 is 2.48 bits per heavy atom. The fourth-order valence-electron chi connectivity index (χ4n) is 2.81. The topological polar surface area (TPSA) is 65.5 Å². The van der Waals surface area contributed by atoms with E-state index in [4.69, 9.17) is 0 Å².